The first-order valence-corrected chi connectivity index (χ1v) is 26.5. The lowest BCUT2D eigenvalue weighted by molar-refractivity contribution is 0.661. The number of benzene rings is 12. The van der Waals surface area contributed by atoms with Crippen molar-refractivity contribution in [2.24, 2.45) is 0 Å². The van der Waals surface area contributed by atoms with Gasteiger partial charge in [-0.05, 0) is 116 Å². The lowest BCUT2D eigenvalue weighted by Gasteiger charge is -2.33. The number of hydrogen-bond acceptors (Lipinski definition) is 2. The Labute approximate surface area is 443 Å². The van der Waals surface area contributed by atoms with Crippen LogP contribution in [-0.4, -0.2) is 9.97 Å². The fraction of sp³-hybridized carbons (Fsp3) is 0.0541. The molecule has 0 amide bonds. The summed E-state index contributed by atoms with van der Waals surface area (Å²) < 4.78 is 0. The minimum absolute atomic E-state index is 0.128. The quantitative estimate of drug-likeness (QED) is 0.159. The summed E-state index contributed by atoms with van der Waals surface area (Å²) in [5, 5.41) is 7.35. The molecular formula is C74H50N2. The molecule has 0 radical (unpaired) electrons. The molecular weight excluding hydrogens is 917 g/mol. The first kappa shape index (κ1) is 44.0. The molecule has 13 aromatic rings. The first-order chi connectivity index (χ1) is 37.5. The smallest absolute Gasteiger partial charge is 0.160 e. The van der Waals surface area contributed by atoms with Crippen LogP contribution in [0.1, 0.15) is 47.2 Å². The number of aromatic nitrogens is 2. The van der Waals surface area contributed by atoms with Crippen molar-refractivity contribution in [2.45, 2.75) is 24.7 Å². The fourth-order valence-corrected chi connectivity index (χ4v) is 13.4. The van der Waals surface area contributed by atoms with E-state index in [1.54, 1.807) is 0 Å². The molecule has 2 aliphatic rings. The Morgan fingerprint density at radius 2 is 0.724 bits per heavy atom. The van der Waals surface area contributed by atoms with Crippen LogP contribution in [0.15, 0.2) is 267 Å². The van der Waals surface area contributed by atoms with Crippen LogP contribution in [-0.2, 0) is 10.8 Å². The lowest BCUT2D eigenvalue weighted by Crippen LogP contribution is -2.28. The predicted octanol–water partition coefficient (Wildman–Crippen LogP) is 18.9. The Kier molecular flexibility index (Phi) is 9.86. The van der Waals surface area contributed by atoms with Gasteiger partial charge in [-0.3, -0.25) is 0 Å². The van der Waals surface area contributed by atoms with Crippen molar-refractivity contribution in [3.63, 3.8) is 0 Å². The standard InChI is InChI=1S/C74H50N2/c1-73(2)64-38-20-35-60(71(64)70-51-29-13-12-22-47(51)40-45-65(70)73)58-42-41-56(52-30-14-15-31-53(52)58)57-43-44-59(55-33-17-16-32-54(55)57)67-46-68(76-72(75-67)48-23-6-3-7-24-48)62-36-21-39-66-69(62)61-34-18-19-37-63(61)74(66,49-25-8-4-9-26-49)50-27-10-5-11-28-50/h3-46H,1-2H3. The van der Waals surface area contributed by atoms with E-state index in [2.05, 4.69) is 281 Å². The number of fused-ring (bicyclic) bond motifs is 10. The van der Waals surface area contributed by atoms with Gasteiger partial charge in [0.05, 0.1) is 16.8 Å². The van der Waals surface area contributed by atoms with Gasteiger partial charge in [0, 0.05) is 22.1 Å². The lowest BCUT2D eigenvalue weighted by atomic mass is 9.67. The summed E-state index contributed by atoms with van der Waals surface area (Å²) in [6.45, 7) is 4.76. The van der Waals surface area contributed by atoms with Gasteiger partial charge in [-0.1, -0.05) is 275 Å². The molecule has 1 heterocycles. The Hall–Kier alpha value is -9.50. The molecule has 0 aliphatic heterocycles. The Morgan fingerprint density at radius 3 is 1.37 bits per heavy atom. The molecule has 0 unspecified atom stereocenters. The largest absolute Gasteiger partial charge is 0.228 e. The third-order valence-electron chi connectivity index (χ3n) is 16.8. The maximum absolute atomic E-state index is 5.50. The van der Waals surface area contributed by atoms with Crippen LogP contribution in [0.5, 0.6) is 0 Å². The van der Waals surface area contributed by atoms with E-state index in [0.717, 1.165) is 33.5 Å². The summed E-state index contributed by atoms with van der Waals surface area (Å²) in [6, 6.07) is 98.1. The molecule has 2 nitrogen and oxygen atoms in total. The minimum atomic E-state index is -0.532. The molecule has 76 heavy (non-hydrogen) atoms. The van der Waals surface area contributed by atoms with Crippen molar-refractivity contribution in [2.75, 3.05) is 0 Å². The van der Waals surface area contributed by atoms with Crippen LogP contribution in [0, 0.1) is 0 Å². The van der Waals surface area contributed by atoms with Crippen molar-refractivity contribution in [1.29, 1.82) is 0 Å². The van der Waals surface area contributed by atoms with E-state index in [1.807, 2.05) is 0 Å². The molecule has 0 saturated carbocycles. The van der Waals surface area contributed by atoms with Crippen LogP contribution < -0.4 is 0 Å². The number of rotatable bonds is 7. The maximum Gasteiger partial charge on any atom is 0.160 e. The van der Waals surface area contributed by atoms with E-state index >= 15 is 0 Å². The van der Waals surface area contributed by atoms with Crippen LogP contribution in [0.25, 0.3) is 111 Å². The molecule has 0 N–H and O–H groups in total. The van der Waals surface area contributed by atoms with Gasteiger partial charge in [0.1, 0.15) is 0 Å². The van der Waals surface area contributed by atoms with Gasteiger partial charge < -0.3 is 0 Å². The highest BCUT2D eigenvalue weighted by Crippen LogP contribution is 2.59. The number of nitrogens with zero attached hydrogens (tertiary/aromatic N) is 2. The second kappa shape index (κ2) is 17.0. The van der Waals surface area contributed by atoms with Gasteiger partial charge in [0.15, 0.2) is 5.82 Å². The zero-order valence-electron chi connectivity index (χ0n) is 42.3. The van der Waals surface area contributed by atoms with Crippen LogP contribution in [0.3, 0.4) is 0 Å². The summed E-state index contributed by atoms with van der Waals surface area (Å²) in [5.74, 6) is 0.690. The Morgan fingerprint density at radius 1 is 0.276 bits per heavy atom. The summed E-state index contributed by atoms with van der Waals surface area (Å²) in [7, 11) is 0. The normalized spacial score (nSPS) is 13.6. The fourth-order valence-electron chi connectivity index (χ4n) is 13.4. The molecule has 15 rings (SSSR count). The monoisotopic (exact) mass is 966 g/mol. The topological polar surface area (TPSA) is 25.8 Å². The van der Waals surface area contributed by atoms with Crippen molar-refractivity contribution >= 4 is 32.3 Å². The van der Waals surface area contributed by atoms with Gasteiger partial charge in [-0.2, -0.15) is 0 Å². The molecule has 12 aromatic carbocycles. The zero-order valence-corrected chi connectivity index (χ0v) is 42.3. The SMILES string of the molecule is CC1(C)c2cccc(-c3ccc(-c4ccc(-c5cc(-c6cccc7c6-c6ccccc6C7(c6ccccc6)c6ccccc6)nc(-c6ccccc6)n5)c5ccccc45)c4ccccc34)c2-c2c1ccc1ccccc21. The third-order valence-corrected chi connectivity index (χ3v) is 16.8. The predicted molar refractivity (Wildman–Crippen MR) is 317 cm³/mol. The van der Waals surface area contributed by atoms with E-state index < -0.39 is 5.41 Å². The maximum atomic E-state index is 5.50. The van der Waals surface area contributed by atoms with Gasteiger partial charge in [0.25, 0.3) is 0 Å². The van der Waals surface area contributed by atoms with E-state index in [-0.39, 0.29) is 5.41 Å². The van der Waals surface area contributed by atoms with Gasteiger partial charge in [-0.15, -0.1) is 0 Å². The van der Waals surface area contributed by atoms with E-state index in [0.29, 0.717) is 5.82 Å². The molecule has 1 aromatic heterocycles. The second-order valence-corrected chi connectivity index (χ2v) is 21.1. The molecule has 0 bridgehead atoms. The summed E-state index contributed by atoms with van der Waals surface area (Å²) in [5.41, 5.74) is 22.0. The zero-order chi connectivity index (χ0) is 50.5. The summed E-state index contributed by atoms with van der Waals surface area (Å²) in [4.78, 5) is 11.0. The van der Waals surface area contributed by atoms with E-state index in [1.165, 1.54) is 105 Å². The Bertz CT molecular complexity index is 4440. The van der Waals surface area contributed by atoms with Crippen LogP contribution in [0.2, 0.25) is 0 Å². The van der Waals surface area contributed by atoms with E-state index in [4.69, 9.17) is 9.97 Å². The van der Waals surface area contributed by atoms with Crippen molar-refractivity contribution in [3.8, 4) is 78.4 Å². The average Bonchev–Trinajstić information content (AvgIpc) is 4.04. The molecule has 356 valence electrons. The molecule has 2 aliphatic carbocycles. The third kappa shape index (κ3) is 6.41. The van der Waals surface area contributed by atoms with E-state index in [9.17, 15) is 0 Å². The minimum Gasteiger partial charge on any atom is -0.228 e. The second-order valence-electron chi connectivity index (χ2n) is 21.1. The van der Waals surface area contributed by atoms with Crippen LogP contribution in [0.4, 0.5) is 0 Å². The molecule has 0 saturated heterocycles. The highest BCUT2D eigenvalue weighted by molar-refractivity contribution is 6.15. The highest BCUT2D eigenvalue weighted by atomic mass is 14.9. The van der Waals surface area contributed by atoms with Gasteiger partial charge in [-0.25, -0.2) is 9.97 Å². The van der Waals surface area contributed by atoms with Gasteiger partial charge in [0.2, 0.25) is 0 Å². The van der Waals surface area contributed by atoms with Crippen molar-refractivity contribution in [1.82, 2.24) is 9.97 Å². The van der Waals surface area contributed by atoms with Crippen molar-refractivity contribution < 1.29 is 0 Å². The highest BCUT2D eigenvalue weighted by Gasteiger charge is 2.47. The summed E-state index contributed by atoms with van der Waals surface area (Å²) in [6.07, 6.45) is 0. The Balaban J connectivity index is 0.915. The molecule has 0 atom stereocenters. The van der Waals surface area contributed by atoms with Crippen LogP contribution >= 0.6 is 0 Å². The van der Waals surface area contributed by atoms with Gasteiger partial charge >= 0.3 is 0 Å². The molecule has 0 fully saturated rings. The van der Waals surface area contributed by atoms with Crippen molar-refractivity contribution in [3.05, 3.63) is 300 Å². The summed E-state index contributed by atoms with van der Waals surface area (Å²) >= 11 is 0. The number of hydrogen-bond donors (Lipinski definition) is 0. The molecule has 2 heteroatoms. The average molecular weight is 967 g/mol. The first-order valence-electron chi connectivity index (χ1n) is 26.5. The molecule has 0 spiro atoms.